The van der Waals surface area contributed by atoms with Crippen LogP contribution in [0.1, 0.15) is 21.7 Å². The Hall–Kier alpha value is -3.47. The molecule has 2 aromatic carbocycles. The van der Waals surface area contributed by atoms with Crippen molar-refractivity contribution in [2.75, 3.05) is 0 Å². The van der Waals surface area contributed by atoms with E-state index in [1.807, 2.05) is 67.6 Å². The highest BCUT2D eigenvalue weighted by molar-refractivity contribution is 5.99. The number of carboxylic acids is 1. The third-order valence-corrected chi connectivity index (χ3v) is 4.36. The van der Waals surface area contributed by atoms with Gasteiger partial charge in [-0.2, -0.15) is 5.10 Å². The Balaban J connectivity index is 1.96. The van der Waals surface area contributed by atoms with Crippen LogP contribution in [0.15, 0.2) is 66.7 Å². The topological polar surface area (TPSA) is 68.0 Å². The number of nitrogens with zero attached hydrogens (tertiary/aromatic N) is 3. The molecule has 0 saturated carbocycles. The van der Waals surface area contributed by atoms with Crippen LogP contribution in [0, 0.1) is 6.92 Å². The predicted molar refractivity (Wildman–Crippen MR) is 100 cm³/mol. The zero-order chi connectivity index (χ0) is 18.1. The average Bonchev–Trinajstić information content (AvgIpc) is 2.98. The molecule has 0 aliphatic heterocycles. The molecular weight excluding hydrogens is 326 g/mol. The fourth-order valence-electron chi connectivity index (χ4n) is 3.18. The van der Waals surface area contributed by atoms with E-state index in [9.17, 15) is 9.90 Å². The van der Waals surface area contributed by atoms with Crippen LogP contribution in [0.5, 0.6) is 0 Å². The lowest BCUT2D eigenvalue weighted by Crippen LogP contribution is -2.06. The molecule has 1 N–H and O–H groups in total. The first-order valence-electron chi connectivity index (χ1n) is 8.34. The van der Waals surface area contributed by atoms with Crippen LogP contribution in [0.2, 0.25) is 0 Å². The Labute approximate surface area is 150 Å². The monoisotopic (exact) mass is 343 g/mol. The van der Waals surface area contributed by atoms with Gasteiger partial charge in [-0.15, -0.1) is 0 Å². The first kappa shape index (κ1) is 16.0. The molecule has 0 saturated heterocycles. The molecule has 5 heteroatoms. The molecule has 4 aromatic rings. The van der Waals surface area contributed by atoms with Gasteiger partial charge >= 0.3 is 5.97 Å². The summed E-state index contributed by atoms with van der Waals surface area (Å²) in [5.41, 5.74) is 4.31. The zero-order valence-electron chi connectivity index (χ0n) is 14.3. The maximum atomic E-state index is 11.6. The quantitative estimate of drug-likeness (QED) is 0.604. The van der Waals surface area contributed by atoms with E-state index in [1.54, 1.807) is 10.7 Å². The summed E-state index contributed by atoms with van der Waals surface area (Å²) in [7, 11) is 0. The van der Waals surface area contributed by atoms with Crippen molar-refractivity contribution in [1.29, 1.82) is 0 Å². The summed E-state index contributed by atoms with van der Waals surface area (Å²) in [4.78, 5) is 16.0. The average molecular weight is 343 g/mol. The van der Waals surface area contributed by atoms with Crippen LogP contribution in [-0.4, -0.2) is 25.8 Å². The van der Waals surface area contributed by atoms with E-state index < -0.39 is 5.97 Å². The van der Waals surface area contributed by atoms with Crippen molar-refractivity contribution in [3.63, 3.8) is 0 Å². The highest BCUT2D eigenvalue weighted by Crippen LogP contribution is 2.31. The molecule has 26 heavy (non-hydrogen) atoms. The van der Waals surface area contributed by atoms with Crippen LogP contribution < -0.4 is 0 Å². The summed E-state index contributed by atoms with van der Waals surface area (Å²) in [6, 6.07) is 21.3. The number of rotatable bonds is 4. The number of aryl methyl sites for hydroxylation is 1. The molecular formula is C21H17N3O2. The summed E-state index contributed by atoms with van der Waals surface area (Å²) in [6.45, 7) is 2.47. The van der Waals surface area contributed by atoms with Gasteiger partial charge in [-0.05, 0) is 29.7 Å². The number of aromatic nitrogens is 3. The van der Waals surface area contributed by atoms with E-state index in [4.69, 9.17) is 0 Å². The van der Waals surface area contributed by atoms with Crippen LogP contribution in [0.25, 0.3) is 22.2 Å². The largest absolute Gasteiger partial charge is 0.477 e. The SMILES string of the molecule is Cc1nn(Cc2ccccc2)c2nc(C(=O)O)cc(-c3ccccc3)c12. The van der Waals surface area contributed by atoms with Crippen molar-refractivity contribution in [3.05, 3.63) is 83.7 Å². The Morgan fingerprint density at radius 2 is 1.69 bits per heavy atom. The van der Waals surface area contributed by atoms with Gasteiger partial charge in [0.2, 0.25) is 0 Å². The number of carboxylic acid groups (broad SMARTS) is 1. The predicted octanol–water partition coefficient (Wildman–Crippen LogP) is 4.15. The highest BCUT2D eigenvalue weighted by Gasteiger charge is 2.18. The molecule has 0 fully saturated rings. The Kier molecular flexibility index (Phi) is 3.97. The molecule has 0 unspecified atom stereocenters. The van der Waals surface area contributed by atoms with E-state index in [-0.39, 0.29) is 5.69 Å². The van der Waals surface area contributed by atoms with Gasteiger partial charge in [-0.25, -0.2) is 14.5 Å². The second-order valence-corrected chi connectivity index (χ2v) is 6.15. The van der Waals surface area contributed by atoms with E-state index in [2.05, 4.69) is 10.1 Å². The molecule has 0 spiro atoms. The molecule has 2 heterocycles. The summed E-state index contributed by atoms with van der Waals surface area (Å²) in [5.74, 6) is -1.05. The minimum Gasteiger partial charge on any atom is -0.477 e. The van der Waals surface area contributed by atoms with Gasteiger partial charge in [0.05, 0.1) is 12.2 Å². The maximum absolute atomic E-state index is 11.6. The van der Waals surface area contributed by atoms with Gasteiger partial charge in [0, 0.05) is 5.39 Å². The zero-order valence-corrected chi connectivity index (χ0v) is 14.3. The maximum Gasteiger partial charge on any atom is 0.354 e. The van der Waals surface area contributed by atoms with Gasteiger partial charge < -0.3 is 5.11 Å². The molecule has 0 radical (unpaired) electrons. The van der Waals surface area contributed by atoms with E-state index in [0.29, 0.717) is 12.2 Å². The van der Waals surface area contributed by atoms with E-state index in [0.717, 1.165) is 27.8 Å². The standard InChI is InChI=1S/C21H17N3O2/c1-14-19-17(16-10-6-3-7-11-16)12-18(21(25)26)22-20(19)24(23-14)13-15-8-4-2-5-9-15/h2-12H,13H2,1H3,(H,25,26). The van der Waals surface area contributed by atoms with Gasteiger partial charge in [-0.1, -0.05) is 60.7 Å². The lowest BCUT2D eigenvalue weighted by atomic mass is 10.0. The highest BCUT2D eigenvalue weighted by atomic mass is 16.4. The third kappa shape index (κ3) is 2.84. The number of fused-ring (bicyclic) bond motifs is 1. The van der Waals surface area contributed by atoms with Crippen molar-refractivity contribution in [3.8, 4) is 11.1 Å². The van der Waals surface area contributed by atoms with Crippen molar-refractivity contribution < 1.29 is 9.90 Å². The second-order valence-electron chi connectivity index (χ2n) is 6.15. The molecule has 0 aliphatic carbocycles. The fourth-order valence-corrected chi connectivity index (χ4v) is 3.18. The number of carbonyl (C=O) groups is 1. The van der Waals surface area contributed by atoms with Gasteiger partial charge in [0.25, 0.3) is 0 Å². The fraction of sp³-hybridized carbons (Fsp3) is 0.0952. The first-order chi connectivity index (χ1) is 12.6. The Morgan fingerprint density at radius 3 is 2.35 bits per heavy atom. The minimum absolute atomic E-state index is 0.0190. The smallest absolute Gasteiger partial charge is 0.354 e. The normalized spacial score (nSPS) is 11.0. The summed E-state index contributed by atoms with van der Waals surface area (Å²) in [5, 5.41) is 15.0. The van der Waals surface area contributed by atoms with Crippen LogP contribution in [0.3, 0.4) is 0 Å². The Morgan fingerprint density at radius 1 is 1.04 bits per heavy atom. The van der Waals surface area contributed by atoms with Gasteiger partial charge in [-0.3, -0.25) is 0 Å². The van der Waals surface area contributed by atoms with Crippen LogP contribution in [0.4, 0.5) is 0 Å². The van der Waals surface area contributed by atoms with Crippen LogP contribution >= 0.6 is 0 Å². The number of benzene rings is 2. The molecule has 0 amide bonds. The molecule has 5 nitrogen and oxygen atoms in total. The van der Waals surface area contributed by atoms with Crippen molar-refractivity contribution in [2.45, 2.75) is 13.5 Å². The number of hydrogen-bond acceptors (Lipinski definition) is 3. The van der Waals surface area contributed by atoms with E-state index >= 15 is 0 Å². The lowest BCUT2D eigenvalue weighted by Gasteiger charge is -2.08. The Bertz CT molecular complexity index is 1090. The molecule has 0 atom stereocenters. The number of aromatic carboxylic acids is 1. The summed E-state index contributed by atoms with van der Waals surface area (Å²) in [6.07, 6.45) is 0. The molecule has 128 valence electrons. The van der Waals surface area contributed by atoms with Gasteiger partial charge in [0.15, 0.2) is 11.3 Å². The summed E-state index contributed by atoms with van der Waals surface area (Å²) < 4.78 is 1.78. The molecule has 2 aromatic heterocycles. The number of pyridine rings is 1. The number of hydrogen-bond donors (Lipinski definition) is 1. The van der Waals surface area contributed by atoms with Crippen LogP contribution in [-0.2, 0) is 6.54 Å². The third-order valence-electron chi connectivity index (χ3n) is 4.36. The molecule has 0 aliphatic rings. The van der Waals surface area contributed by atoms with Gasteiger partial charge in [0.1, 0.15) is 0 Å². The van der Waals surface area contributed by atoms with E-state index in [1.165, 1.54) is 0 Å². The molecule has 4 rings (SSSR count). The first-order valence-corrected chi connectivity index (χ1v) is 8.34. The second kappa shape index (κ2) is 6.44. The van der Waals surface area contributed by atoms with Crippen molar-refractivity contribution in [1.82, 2.24) is 14.8 Å². The molecule has 0 bridgehead atoms. The lowest BCUT2D eigenvalue weighted by molar-refractivity contribution is 0.0691. The summed E-state index contributed by atoms with van der Waals surface area (Å²) >= 11 is 0. The van der Waals surface area contributed by atoms with Crippen molar-refractivity contribution in [2.24, 2.45) is 0 Å². The van der Waals surface area contributed by atoms with Crippen molar-refractivity contribution >= 4 is 17.0 Å². The minimum atomic E-state index is -1.05.